The van der Waals surface area contributed by atoms with Gasteiger partial charge in [0.1, 0.15) is 11.5 Å². The first-order valence-corrected chi connectivity index (χ1v) is 9.01. The van der Waals surface area contributed by atoms with Crippen molar-refractivity contribution >= 4 is 0 Å². The van der Waals surface area contributed by atoms with E-state index in [-0.39, 0.29) is 0 Å². The van der Waals surface area contributed by atoms with Gasteiger partial charge < -0.3 is 4.52 Å². The zero-order valence-electron chi connectivity index (χ0n) is 14.4. The molecule has 0 spiro atoms. The summed E-state index contributed by atoms with van der Waals surface area (Å²) >= 11 is 0. The summed E-state index contributed by atoms with van der Waals surface area (Å²) in [6, 6.07) is 2.54. The van der Waals surface area contributed by atoms with Crippen LogP contribution in [-0.4, -0.2) is 26.4 Å². The minimum atomic E-state index is 0.372. The van der Waals surface area contributed by atoms with Gasteiger partial charge in [0.15, 0.2) is 0 Å². The predicted octanol–water partition coefficient (Wildman–Crippen LogP) is 3.96. The standard InChI is InChI=1S/C18H28N4O/c1-3-8-16-11-17(20-23-16)18-9-6-5-7-10-21(18)13-15-12-19-22(4-2)14-15/h11-12,14,18H,3-10,13H2,1-2H3. The zero-order valence-corrected chi connectivity index (χ0v) is 14.4. The summed E-state index contributed by atoms with van der Waals surface area (Å²) in [5.74, 6) is 1.02. The van der Waals surface area contributed by atoms with Gasteiger partial charge in [0, 0.05) is 37.3 Å². The quantitative estimate of drug-likeness (QED) is 0.809. The van der Waals surface area contributed by atoms with Crippen LogP contribution in [0.25, 0.3) is 0 Å². The second kappa shape index (κ2) is 7.77. The molecule has 0 amide bonds. The van der Waals surface area contributed by atoms with Gasteiger partial charge in [0.25, 0.3) is 0 Å². The molecule has 2 aromatic heterocycles. The Labute approximate surface area is 138 Å². The second-order valence-electron chi connectivity index (χ2n) is 6.51. The Morgan fingerprint density at radius 2 is 2.17 bits per heavy atom. The van der Waals surface area contributed by atoms with Gasteiger partial charge in [-0.1, -0.05) is 24.9 Å². The summed E-state index contributed by atoms with van der Waals surface area (Å²) < 4.78 is 7.52. The average molecular weight is 316 g/mol. The highest BCUT2D eigenvalue weighted by molar-refractivity contribution is 5.12. The van der Waals surface area contributed by atoms with E-state index in [9.17, 15) is 0 Å². The van der Waals surface area contributed by atoms with Crippen LogP contribution in [0.15, 0.2) is 23.0 Å². The minimum Gasteiger partial charge on any atom is -0.361 e. The largest absolute Gasteiger partial charge is 0.361 e. The van der Waals surface area contributed by atoms with E-state index in [2.05, 4.69) is 41.3 Å². The average Bonchev–Trinajstić information content (AvgIpc) is 3.14. The Kier molecular flexibility index (Phi) is 5.49. The van der Waals surface area contributed by atoms with Crippen LogP contribution >= 0.6 is 0 Å². The molecule has 1 atom stereocenters. The zero-order chi connectivity index (χ0) is 16.1. The molecule has 1 unspecified atom stereocenters. The summed E-state index contributed by atoms with van der Waals surface area (Å²) in [5, 5.41) is 8.78. The van der Waals surface area contributed by atoms with Gasteiger partial charge in [-0.3, -0.25) is 9.58 Å². The summed E-state index contributed by atoms with van der Waals surface area (Å²) in [6.45, 7) is 7.29. The topological polar surface area (TPSA) is 47.1 Å². The van der Waals surface area contributed by atoms with E-state index in [4.69, 9.17) is 4.52 Å². The third-order valence-corrected chi connectivity index (χ3v) is 4.68. The molecule has 3 heterocycles. The molecule has 0 aromatic carbocycles. The van der Waals surface area contributed by atoms with Gasteiger partial charge in [0.05, 0.1) is 12.2 Å². The number of hydrogen-bond acceptors (Lipinski definition) is 4. The van der Waals surface area contributed by atoms with E-state index in [1.54, 1.807) is 0 Å². The van der Waals surface area contributed by atoms with Crippen LogP contribution in [0.4, 0.5) is 0 Å². The Morgan fingerprint density at radius 3 is 2.96 bits per heavy atom. The first-order chi connectivity index (χ1) is 11.3. The summed E-state index contributed by atoms with van der Waals surface area (Å²) in [4.78, 5) is 2.55. The van der Waals surface area contributed by atoms with Gasteiger partial charge in [-0.25, -0.2) is 0 Å². The highest BCUT2D eigenvalue weighted by Gasteiger charge is 2.26. The third-order valence-electron chi connectivity index (χ3n) is 4.68. The fourth-order valence-electron chi connectivity index (χ4n) is 3.44. The molecule has 1 aliphatic rings. The molecule has 0 aliphatic carbocycles. The lowest BCUT2D eigenvalue weighted by molar-refractivity contribution is 0.183. The molecule has 0 N–H and O–H groups in total. The number of rotatable bonds is 6. The fraction of sp³-hybridized carbons (Fsp3) is 0.667. The number of aryl methyl sites for hydroxylation is 2. The molecule has 126 valence electrons. The lowest BCUT2D eigenvalue weighted by atomic mass is 10.1. The van der Waals surface area contributed by atoms with Crippen LogP contribution in [-0.2, 0) is 19.5 Å². The lowest BCUT2D eigenvalue weighted by Gasteiger charge is -2.27. The molecule has 5 nitrogen and oxygen atoms in total. The molecule has 1 fully saturated rings. The maximum atomic E-state index is 5.53. The molecule has 1 saturated heterocycles. The molecular weight excluding hydrogens is 288 g/mol. The van der Waals surface area contributed by atoms with E-state index in [1.165, 1.54) is 31.2 Å². The molecule has 1 aliphatic heterocycles. The second-order valence-corrected chi connectivity index (χ2v) is 6.51. The first kappa shape index (κ1) is 16.2. The van der Waals surface area contributed by atoms with E-state index in [1.807, 2.05) is 10.9 Å². The van der Waals surface area contributed by atoms with Crippen LogP contribution in [0.3, 0.4) is 0 Å². The highest BCUT2D eigenvalue weighted by atomic mass is 16.5. The van der Waals surface area contributed by atoms with E-state index in [0.29, 0.717) is 6.04 Å². The highest BCUT2D eigenvalue weighted by Crippen LogP contribution is 2.31. The maximum Gasteiger partial charge on any atom is 0.137 e. The molecule has 0 bridgehead atoms. The van der Waals surface area contributed by atoms with Crippen LogP contribution in [0, 0.1) is 0 Å². The smallest absolute Gasteiger partial charge is 0.137 e. The monoisotopic (exact) mass is 316 g/mol. The van der Waals surface area contributed by atoms with Crippen LogP contribution in [0.5, 0.6) is 0 Å². The van der Waals surface area contributed by atoms with Crippen molar-refractivity contribution in [1.82, 2.24) is 19.8 Å². The Bertz CT molecular complexity index is 604. The Balaban J connectivity index is 1.76. The van der Waals surface area contributed by atoms with E-state index in [0.717, 1.165) is 43.9 Å². The summed E-state index contributed by atoms with van der Waals surface area (Å²) in [7, 11) is 0. The maximum absolute atomic E-state index is 5.53. The predicted molar refractivity (Wildman–Crippen MR) is 90.0 cm³/mol. The van der Waals surface area contributed by atoms with Crippen molar-refractivity contribution < 1.29 is 4.52 Å². The first-order valence-electron chi connectivity index (χ1n) is 9.01. The van der Waals surface area contributed by atoms with Crippen LogP contribution < -0.4 is 0 Å². The lowest BCUT2D eigenvalue weighted by Crippen LogP contribution is -2.28. The van der Waals surface area contributed by atoms with Crippen molar-refractivity contribution in [3.8, 4) is 0 Å². The van der Waals surface area contributed by atoms with Crippen molar-refractivity contribution in [2.24, 2.45) is 0 Å². The number of nitrogens with zero attached hydrogens (tertiary/aromatic N) is 4. The summed E-state index contributed by atoms with van der Waals surface area (Å²) in [5.41, 5.74) is 2.40. The molecular formula is C18H28N4O. The Hall–Kier alpha value is -1.62. The van der Waals surface area contributed by atoms with Gasteiger partial charge in [-0.15, -0.1) is 0 Å². The third kappa shape index (κ3) is 4.02. The van der Waals surface area contributed by atoms with Gasteiger partial charge in [0.2, 0.25) is 0 Å². The molecule has 0 radical (unpaired) electrons. The SMILES string of the molecule is CCCc1cc(C2CCCCCN2Cc2cnn(CC)c2)no1. The fourth-order valence-corrected chi connectivity index (χ4v) is 3.44. The molecule has 2 aromatic rings. The number of aromatic nitrogens is 3. The van der Waals surface area contributed by atoms with Gasteiger partial charge >= 0.3 is 0 Å². The van der Waals surface area contributed by atoms with Crippen molar-refractivity contribution in [3.05, 3.63) is 35.5 Å². The number of likely N-dealkylation sites (tertiary alicyclic amines) is 1. The van der Waals surface area contributed by atoms with Crippen LogP contribution in [0.1, 0.15) is 69.0 Å². The normalized spacial score (nSPS) is 19.8. The van der Waals surface area contributed by atoms with Gasteiger partial charge in [-0.05, 0) is 32.7 Å². The van der Waals surface area contributed by atoms with Crippen molar-refractivity contribution in [2.75, 3.05) is 6.54 Å². The molecule has 5 heteroatoms. The van der Waals surface area contributed by atoms with Crippen molar-refractivity contribution in [1.29, 1.82) is 0 Å². The number of hydrogen-bond donors (Lipinski definition) is 0. The van der Waals surface area contributed by atoms with Gasteiger partial charge in [-0.2, -0.15) is 5.10 Å². The summed E-state index contributed by atoms with van der Waals surface area (Å²) in [6.07, 6.45) is 11.2. The Morgan fingerprint density at radius 1 is 1.26 bits per heavy atom. The van der Waals surface area contributed by atoms with Crippen molar-refractivity contribution in [3.63, 3.8) is 0 Å². The minimum absolute atomic E-state index is 0.372. The molecule has 23 heavy (non-hydrogen) atoms. The van der Waals surface area contributed by atoms with Crippen molar-refractivity contribution in [2.45, 2.75) is 71.5 Å². The van der Waals surface area contributed by atoms with Crippen LogP contribution in [0.2, 0.25) is 0 Å². The van der Waals surface area contributed by atoms with E-state index < -0.39 is 0 Å². The molecule has 3 rings (SSSR count). The molecule has 0 saturated carbocycles. The van der Waals surface area contributed by atoms with E-state index >= 15 is 0 Å².